The first-order chi connectivity index (χ1) is 46.8. The van der Waals surface area contributed by atoms with Crippen LogP contribution in [0.4, 0.5) is 0 Å². The lowest BCUT2D eigenvalue weighted by molar-refractivity contribution is -0.379. The van der Waals surface area contributed by atoms with Gasteiger partial charge in [-0.1, -0.05) is 274 Å². The quantitative estimate of drug-likeness (QED) is 0.0199. The highest BCUT2D eigenvalue weighted by Gasteiger charge is 2.53. The Morgan fingerprint density at radius 2 is 0.698 bits per heavy atom. The number of nitrogens with one attached hydrogen (secondary N) is 1. The van der Waals surface area contributed by atoms with Gasteiger partial charge in [-0.3, -0.25) is 4.79 Å². The Morgan fingerprint density at radius 1 is 0.375 bits per heavy atom. The third-order valence-electron chi connectivity index (χ3n) is 19.0. The second kappa shape index (κ2) is 58.0. The van der Waals surface area contributed by atoms with Crippen molar-refractivity contribution in [1.29, 1.82) is 0 Å². The summed E-state index contributed by atoms with van der Waals surface area (Å²) in [4.78, 5) is 13.4. The first-order valence-electron chi connectivity index (χ1n) is 38.5. The molecule has 17 atom stereocenters. The maximum absolute atomic E-state index is 13.4. The molecule has 3 heterocycles. The normalized spacial score (nSPS) is 27.4. The van der Waals surface area contributed by atoms with Gasteiger partial charge in [-0.05, 0) is 70.6 Å². The van der Waals surface area contributed by atoms with E-state index in [1.807, 2.05) is 6.08 Å². The molecule has 3 fully saturated rings. The van der Waals surface area contributed by atoms with Crippen LogP contribution in [0.5, 0.6) is 0 Å². The molecule has 96 heavy (non-hydrogen) atoms. The van der Waals surface area contributed by atoms with Gasteiger partial charge in [0.1, 0.15) is 73.2 Å². The van der Waals surface area contributed by atoms with Crippen molar-refractivity contribution in [1.82, 2.24) is 5.32 Å². The van der Waals surface area contributed by atoms with Gasteiger partial charge in [0, 0.05) is 6.42 Å². The van der Waals surface area contributed by atoms with E-state index in [0.717, 1.165) is 51.4 Å². The van der Waals surface area contributed by atoms with Crippen LogP contribution in [0.1, 0.15) is 290 Å². The van der Waals surface area contributed by atoms with E-state index in [-0.39, 0.29) is 18.9 Å². The first-order valence-corrected chi connectivity index (χ1v) is 38.5. The van der Waals surface area contributed by atoms with Crippen molar-refractivity contribution in [2.75, 3.05) is 26.4 Å². The van der Waals surface area contributed by atoms with Gasteiger partial charge in [0.05, 0.1) is 38.6 Å². The number of carbonyl (C=O) groups excluding carboxylic acids is 1. The van der Waals surface area contributed by atoms with Crippen LogP contribution in [0.25, 0.3) is 0 Å². The van der Waals surface area contributed by atoms with E-state index in [2.05, 4.69) is 67.8 Å². The summed E-state index contributed by atoms with van der Waals surface area (Å²) in [5, 5.41) is 121. The summed E-state index contributed by atoms with van der Waals surface area (Å²) in [5.41, 5.74) is 0. The van der Waals surface area contributed by atoms with Gasteiger partial charge in [0.2, 0.25) is 5.91 Å². The summed E-state index contributed by atoms with van der Waals surface area (Å²) >= 11 is 0. The average molecular weight is 1370 g/mol. The van der Waals surface area contributed by atoms with Crippen LogP contribution in [-0.4, -0.2) is 193 Å². The van der Waals surface area contributed by atoms with Gasteiger partial charge in [0.15, 0.2) is 18.9 Å². The lowest BCUT2D eigenvalue weighted by Gasteiger charge is -2.48. The molecule has 0 aromatic heterocycles. The lowest BCUT2D eigenvalue weighted by atomic mass is 9.96. The maximum Gasteiger partial charge on any atom is 0.220 e. The fraction of sp³-hybridized carbons (Fsp3) is 0.857. The monoisotopic (exact) mass is 1370 g/mol. The van der Waals surface area contributed by atoms with Crippen molar-refractivity contribution in [2.45, 2.75) is 394 Å². The van der Waals surface area contributed by atoms with Gasteiger partial charge in [-0.25, -0.2) is 0 Å². The van der Waals surface area contributed by atoms with E-state index < -0.39 is 124 Å². The minimum atomic E-state index is -1.98. The number of unbranched alkanes of at least 4 members (excludes halogenated alkanes) is 36. The van der Waals surface area contributed by atoms with Crippen LogP contribution in [0.2, 0.25) is 0 Å². The SMILES string of the molecule is CCCCCCC/C=C\C/C=C\C/C=C\CCCCCCCCCCCCCCCCCCC(=O)NC(COC1OC(CO)C(OC2OC(CO)C(OC3OC(CO)C(O)C(O)C3O)C(O)C2O)C(O)C1O)C(O)/C=C/CC/C=C/CCCCCCCCCCCCCCCC. The Morgan fingerprint density at radius 3 is 1.11 bits per heavy atom. The van der Waals surface area contributed by atoms with Gasteiger partial charge < -0.3 is 89.9 Å². The number of allylic oxidation sites excluding steroid dienone is 9. The highest BCUT2D eigenvalue weighted by Crippen LogP contribution is 2.33. The fourth-order valence-electron chi connectivity index (χ4n) is 12.8. The zero-order valence-electron chi connectivity index (χ0n) is 59.6. The maximum atomic E-state index is 13.4. The summed E-state index contributed by atoms with van der Waals surface area (Å²) in [6.45, 7) is 1.73. The number of aliphatic hydroxyl groups excluding tert-OH is 11. The Bertz CT molecular complexity index is 1970. The van der Waals surface area contributed by atoms with Gasteiger partial charge in [-0.15, -0.1) is 0 Å². The zero-order chi connectivity index (χ0) is 69.6. The molecule has 560 valence electrons. The molecule has 3 saturated heterocycles. The van der Waals surface area contributed by atoms with E-state index in [9.17, 15) is 61.0 Å². The molecule has 19 heteroatoms. The molecule has 0 aliphatic carbocycles. The van der Waals surface area contributed by atoms with E-state index in [4.69, 9.17) is 28.4 Å². The van der Waals surface area contributed by atoms with Crippen LogP contribution in [0.15, 0.2) is 60.8 Å². The molecule has 3 aliphatic rings. The summed E-state index contributed by atoms with van der Waals surface area (Å²) in [5.74, 6) is -0.283. The molecule has 0 radical (unpaired) electrons. The molecule has 3 aliphatic heterocycles. The van der Waals surface area contributed by atoms with Crippen LogP contribution in [0, 0.1) is 0 Å². The molecule has 19 nitrogen and oxygen atoms in total. The zero-order valence-corrected chi connectivity index (χ0v) is 59.6. The first kappa shape index (κ1) is 87.7. The van der Waals surface area contributed by atoms with Crippen LogP contribution in [0.3, 0.4) is 0 Å². The van der Waals surface area contributed by atoms with Crippen molar-refractivity contribution < 1.29 is 89.4 Å². The highest BCUT2D eigenvalue weighted by atomic mass is 16.8. The molecule has 0 bridgehead atoms. The van der Waals surface area contributed by atoms with Crippen molar-refractivity contribution >= 4 is 5.91 Å². The highest BCUT2D eigenvalue weighted by molar-refractivity contribution is 5.76. The van der Waals surface area contributed by atoms with Gasteiger partial charge in [0.25, 0.3) is 0 Å². The molecule has 0 aromatic carbocycles. The second-order valence-corrected chi connectivity index (χ2v) is 27.5. The van der Waals surface area contributed by atoms with E-state index in [1.165, 1.54) is 205 Å². The van der Waals surface area contributed by atoms with Crippen LogP contribution >= 0.6 is 0 Å². The van der Waals surface area contributed by atoms with Gasteiger partial charge >= 0.3 is 0 Å². The minimum Gasteiger partial charge on any atom is -0.394 e. The average Bonchev–Trinajstić information content (AvgIpc) is 0.786. The summed E-state index contributed by atoms with van der Waals surface area (Å²) in [6, 6.07) is -0.992. The predicted octanol–water partition coefficient (Wildman–Crippen LogP) is 11.9. The largest absolute Gasteiger partial charge is 0.394 e. The lowest BCUT2D eigenvalue weighted by Crippen LogP contribution is -2.66. The standard InChI is InChI=1S/C77H139NO18/c1-3-5-7-9-11-13-15-17-19-21-23-25-26-27-28-29-30-31-32-33-34-35-37-39-41-43-45-47-49-51-53-55-65(83)78-60(61(82)54-52-50-48-46-44-42-40-38-36-24-22-20-18-16-14-12-10-8-6-4-2)59-91-75-71(89)68(86)73(63(57-80)93-75)96-77-72(90)69(87)74(64(58-81)94-77)95-76-70(88)67(85)66(84)62(56-79)92-76/h15,17,21,23,26-27,44,46,52,54,60-64,66-77,79-82,84-90H,3-14,16,18-20,22,24-25,28-43,45,47-51,53,55-59H2,1-2H3,(H,78,83)/b17-15-,23-21-,27-26-,46-44+,54-52+. The smallest absolute Gasteiger partial charge is 0.220 e. The van der Waals surface area contributed by atoms with E-state index in [1.54, 1.807) is 6.08 Å². The molecule has 1 amide bonds. The Balaban J connectivity index is 1.39. The van der Waals surface area contributed by atoms with Crippen LogP contribution in [-0.2, 0) is 33.2 Å². The second-order valence-electron chi connectivity index (χ2n) is 27.5. The van der Waals surface area contributed by atoms with Gasteiger partial charge in [-0.2, -0.15) is 0 Å². The van der Waals surface area contributed by atoms with Crippen molar-refractivity contribution in [3.05, 3.63) is 60.8 Å². The number of aliphatic hydroxyl groups is 11. The number of hydrogen-bond acceptors (Lipinski definition) is 18. The summed E-state index contributed by atoms with van der Waals surface area (Å²) < 4.78 is 34.4. The molecule has 3 rings (SSSR count). The Labute approximate surface area is 579 Å². The van der Waals surface area contributed by atoms with Crippen molar-refractivity contribution in [3.63, 3.8) is 0 Å². The fourth-order valence-corrected chi connectivity index (χ4v) is 12.8. The molecule has 17 unspecified atom stereocenters. The van der Waals surface area contributed by atoms with Crippen molar-refractivity contribution in [3.8, 4) is 0 Å². The number of ether oxygens (including phenoxy) is 6. The third-order valence-corrected chi connectivity index (χ3v) is 19.0. The third kappa shape index (κ3) is 38.5. The summed E-state index contributed by atoms with van der Waals surface area (Å²) in [7, 11) is 0. The summed E-state index contributed by atoms with van der Waals surface area (Å²) in [6.07, 6.45) is 46.3. The van der Waals surface area contributed by atoms with Crippen LogP contribution < -0.4 is 5.32 Å². The topological polar surface area (TPSA) is 307 Å². The predicted molar refractivity (Wildman–Crippen MR) is 379 cm³/mol. The molecule has 0 saturated carbocycles. The number of rotatable bonds is 60. The molecular formula is C77H139NO18. The molecule has 12 N–H and O–H groups in total. The Hall–Kier alpha value is -2.51. The molecule has 0 aromatic rings. The molecule has 0 spiro atoms. The Kier molecular flexibility index (Phi) is 53.0. The minimum absolute atomic E-state index is 0.235. The number of carbonyl (C=O) groups is 1. The van der Waals surface area contributed by atoms with E-state index >= 15 is 0 Å². The van der Waals surface area contributed by atoms with Crippen molar-refractivity contribution in [2.24, 2.45) is 0 Å². The van der Waals surface area contributed by atoms with E-state index in [0.29, 0.717) is 12.8 Å². The molecular weight excluding hydrogens is 1230 g/mol. The number of hydrogen-bond donors (Lipinski definition) is 12. The number of amides is 1.